The van der Waals surface area contributed by atoms with E-state index in [1.54, 1.807) is 0 Å². The largest absolute Gasteiger partial charge is 0.396 e. The third-order valence-electron chi connectivity index (χ3n) is 3.85. The maximum atomic E-state index is 11.9. The van der Waals surface area contributed by atoms with Gasteiger partial charge in [-0.2, -0.15) is 0 Å². The molecular formula is C13H24N2O3. The van der Waals surface area contributed by atoms with Crippen LogP contribution in [0.3, 0.4) is 0 Å². The Labute approximate surface area is 108 Å². The van der Waals surface area contributed by atoms with Gasteiger partial charge in [-0.3, -0.25) is 4.79 Å². The zero-order valence-corrected chi connectivity index (χ0v) is 10.9. The standard InChI is InChI=1S/C13H24N2O3/c16-10-11-3-7-15(9-11)13(17)4-8-18-12-1-5-14-6-2-12/h11-12,14,16H,1-10H2. The van der Waals surface area contributed by atoms with Crippen molar-refractivity contribution in [3.63, 3.8) is 0 Å². The smallest absolute Gasteiger partial charge is 0.224 e. The van der Waals surface area contributed by atoms with Crippen LogP contribution in [0.2, 0.25) is 0 Å². The van der Waals surface area contributed by atoms with Crippen molar-refractivity contribution < 1.29 is 14.6 Å². The molecule has 0 spiro atoms. The number of amides is 1. The van der Waals surface area contributed by atoms with E-state index in [1.807, 2.05) is 4.90 Å². The van der Waals surface area contributed by atoms with Gasteiger partial charge in [-0.1, -0.05) is 0 Å². The average molecular weight is 256 g/mol. The van der Waals surface area contributed by atoms with Crippen molar-refractivity contribution in [1.29, 1.82) is 0 Å². The number of rotatable bonds is 5. The van der Waals surface area contributed by atoms with E-state index in [1.165, 1.54) is 0 Å². The van der Waals surface area contributed by atoms with E-state index in [0.29, 0.717) is 25.7 Å². The van der Waals surface area contributed by atoms with Crippen molar-refractivity contribution in [2.24, 2.45) is 5.92 Å². The molecule has 1 atom stereocenters. The van der Waals surface area contributed by atoms with Crippen molar-refractivity contribution in [3.05, 3.63) is 0 Å². The molecule has 0 saturated carbocycles. The number of carbonyl (C=O) groups is 1. The fourth-order valence-electron chi connectivity index (χ4n) is 2.64. The molecule has 0 bridgehead atoms. The number of likely N-dealkylation sites (tertiary alicyclic amines) is 1. The highest BCUT2D eigenvalue weighted by atomic mass is 16.5. The highest BCUT2D eigenvalue weighted by Gasteiger charge is 2.25. The number of nitrogens with one attached hydrogen (secondary N) is 1. The topological polar surface area (TPSA) is 61.8 Å². The summed E-state index contributed by atoms with van der Waals surface area (Å²) in [6, 6.07) is 0. The second-order valence-corrected chi connectivity index (χ2v) is 5.25. The Bertz CT molecular complexity index is 267. The fraction of sp³-hybridized carbons (Fsp3) is 0.923. The molecule has 2 rings (SSSR count). The Morgan fingerprint density at radius 1 is 1.33 bits per heavy atom. The minimum Gasteiger partial charge on any atom is -0.396 e. The predicted octanol–water partition coefficient (Wildman–Crippen LogP) is -0.0141. The molecule has 18 heavy (non-hydrogen) atoms. The quantitative estimate of drug-likeness (QED) is 0.726. The molecule has 0 aromatic carbocycles. The van der Waals surface area contributed by atoms with Crippen molar-refractivity contribution in [2.45, 2.75) is 31.8 Å². The van der Waals surface area contributed by atoms with Gasteiger partial charge in [0, 0.05) is 25.6 Å². The molecule has 2 saturated heterocycles. The van der Waals surface area contributed by atoms with Crippen LogP contribution in [0.5, 0.6) is 0 Å². The van der Waals surface area contributed by atoms with Gasteiger partial charge in [0.2, 0.25) is 5.91 Å². The zero-order valence-electron chi connectivity index (χ0n) is 10.9. The van der Waals surface area contributed by atoms with Crippen LogP contribution in [-0.4, -0.2) is 61.4 Å². The van der Waals surface area contributed by atoms with E-state index < -0.39 is 0 Å². The van der Waals surface area contributed by atoms with E-state index in [-0.39, 0.29) is 18.4 Å². The van der Waals surface area contributed by atoms with Crippen LogP contribution >= 0.6 is 0 Å². The number of aliphatic hydroxyl groups is 1. The number of piperidine rings is 1. The molecule has 0 aromatic heterocycles. The van der Waals surface area contributed by atoms with Crippen molar-refractivity contribution >= 4 is 5.91 Å². The predicted molar refractivity (Wildman–Crippen MR) is 68.2 cm³/mol. The number of hydrogen-bond donors (Lipinski definition) is 2. The van der Waals surface area contributed by atoms with Crippen LogP contribution < -0.4 is 5.32 Å². The monoisotopic (exact) mass is 256 g/mol. The highest BCUT2D eigenvalue weighted by Crippen LogP contribution is 2.16. The fourth-order valence-corrected chi connectivity index (χ4v) is 2.64. The lowest BCUT2D eigenvalue weighted by molar-refractivity contribution is -0.132. The molecule has 2 fully saturated rings. The van der Waals surface area contributed by atoms with Crippen molar-refractivity contribution in [2.75, 3.05) is 39.4 Å². The lowest BCUT2D eigenvalue weighted by Crippen LogP contribution is -2.34. The van der Waals surface area contributed by atoms with Crippen LogP contribution in [0.15, 0.2) is 0 Å². The molecule has 2 aliphatic heterocycles. The molecule has 0 aliphatic carbocycles. The van der Waals surface area contributed by atoms with Crippen LogP contribution in [0.4, 0.5) is 0 Å². The summed E-state index contributed by atoms with van der Waals surface area (Å²) in [4.78, 5) is 13.8. The molecule has 0 radical (unpaired) electrons. The molecule has 2 heterocycles. The SMILES string of the molecule is O=C(CCOC1CCNCC1)N1CCC(CO)C1. The van der Waals surface area contributed by atoms with Gasteiger partial charge in [-0.05, 0) is 32.4 Å². The van der Waals surface area contributed by atoms with Gasteiger partial charge in [0.05, 0.1) is 19.1 Å². The molecular weight excluding hydrogens is 232 g/mol. The number of carbonyl (C=O) groups excluding carboxylic acids is 1. The van der Waals surface area contributed by atoms with Gasteiger partial charge >= 0.3 is 0 Å². The Hall–Kier alpha value is -0.650. The number of nitrogens with zero attached hydrogens (tertiary/aromatic N) is 1. The second-order valence-electron chi connectivity index (χ2n) is 5.25. The minimum atomic E-state index is 0.167. The Balaban J connectivity index is 1.60. The zero-order chi connectivity index (χ0) is 12.8. The van der Waals surface area contributed by atoms with Crippen molar-refractivity contribution in [3.8, 4) is 0 Å². The molecule has 104 valence electrons. The number of ether oxygens (including phenoxy) is 1. The van der Waals surface area contributed by atoms with Crippen LogP contribution in [-0.2, 0) is 9.53 Å². The maximum Gasteiger partial charge on any atom is 0.224 e. The third kappa shape index (κ3) is 3.93. The Morgan fingerprint density at radius 2 is 2.11 bits per heavy atom. The van der Waals surface area contributed by atoms with E-state index in [9.17, 15) is 4.79 Å². The summed E-state index contributed by atoms with van der Waals surface area (Å²) in [5, 5.41) is 12.3. The highest BCUT2D eigenvalue weighted by molar-refractivity contribution is 5.76. The molecule has 0 aromatic rings. The lowest BCUT2D eigenvalue weighted by atomic mass is 10.1. The Morgan fingerprint density at radius 3 is 2.78 bits per heavy atom. The van der Waals surface area contributed by atoms with E-state index in [4.69, 9.17) is 9.84 Å². The summed E-state index contributed by atoms with van der Waals surface area (Å²) in [7, 11) is 0. The van der Waals surface area contributed by atoms with Gasteiger partial charge < -0.3 is 20.1 Å². The van der Waals surface area contributed by atoms with Crippen LogP contribution in [0.25, 0.3) is 0 Å². The second kappa shape index (κ2) is 7.07. The summed E-state index contributed by atoms with van der Waals surface area (Å²) in [6.45, 7) is 4.26. The first-order valence-corrected chi connectivity index (χ1v) is 7.00. The van der Waals surface area contributed by atoms with E-state index >= 15 is 0 Å². The maximum absolute atomic E-state index is 11.9. The first-order valence-electron chi connectivity index (χ1n) is 7.00. The van der Waals surface area contributed by atoms with Crippen molar-refractivity contribution in [1.82, 2.24) is 10.2 Å². The molecule has 5 nitrogen and oxygen atoms in total. The summed E-state index contributed by atoms with van der Waals surface area (Å²) in [5.41, 5.74) is 0. The third-order valence-corrected chi connectivity index (χ3v) is 3.85. The van der Waals surface area contributed by atoms with Gasteiger partial charge in [0.1, 0.15) is 0 Å². The van der Waals surface area contributed by atoms with Gasteiger partial charge in [-0.25, -0.2) is 0 Å². The van der Waals surface area contributed by atoms with Crippen LogP contribution in [0, 0.1) is 5.92 Å². The summed E-state index contributed by atoms with van der Waals surface area (Å²) in [5.74, 6) is 0.444. The average Bonchev–Trinajstić information content (AvgIpc) is 2.89. The summed E-state index contributed by atoms with van der Waals surface area (Å²) >= 11 is 0. The minimum absolute atomic E-state index is 0.167. The first-order chi connectivity index (χ1) is 8.79. The summed E-state index contributed by atoms with van der Waals surface area (Å²) < 4.78 is 5.73. The lowest BCUT2D eigenvalue weighted by Gasteiger charge is -2.23. The molecule has 5 heteroatoms. The van der Waals surface area contributed by atoms with Gasteiger partial charge in [-0.15, -0.1) is 0 Å². The van der Waals surface area contributed by atoms with E-state index in [0.717, 1.165) is 38.9 Å². The van der Waals surface area contributed by atoms with E-state index in [2.05, 4.69) is 5.32 Å². The van der Waals surface area contributed by atoms with Gasteiger partial charge in [0.25, 0.3) is 0 Å². The van der Waals surface area contributed by atoms with Crippen LogP contribution in [0.1, 0.15) is 25.7 Å². The number of hydrogen-bond acceptors (Lipinski definition) is 4. The normalized spacial score (nSPS) is 25.6. The molecule has 1 unspecified atom stereocenters. The number of aliphatic hydroxyl groups excluding tert-OH is 1. The summed E-state index contributed by atoms with van der Waals surface area (Å²) in [6.07, 6.45) is 3.82. The molecule has 1 amide bonds. The first kappa shape index (κ1) is 13.8. The molecule has 2 N–H and O–H groups in total. The molecule has 2 aliphatic rings. The van der Waals surface area contributed by atoms with Gasteiger partial charge in [0.15, 0.2) is 0 Å². The Kier molecular flexibility index (Phi) is 5.41.